The maximum atomic E-state index is 11.7. The molecule has 28 heteroatoms. The summed E-state index contributed by atoms with van der Waals surface area (Å²) in [6, 6.07) is 28.5. The molecule has 0 radical (unpaired) electrons. The van der Waals surface area contributed by atoms with Gasteiger partial charge in [0.25, 0.3) is 11.8 Å². The van der Waals surface area contributed by atoms with Gasteiger partial charge in [0.05, 0.1) is 52.7 Å². The van der Waals surface area contributed by atoms with Crippen LogP contribution in [0.25, 0.3) is 55.0 Å². The minimum atomic E-state index is -0.573. The normalized spacial score (nSPS) is 10.9. The number of pyridine rings is 2. The summed E-state index contributed by atoms with van der Waals surface area (Å²) in [5, 5.41) is 20.3. The first-order chi connectivity index (χ1) is 39.8. The van der Waals surface area contributed by atoms with Gasteiger partial charge in [-0.05, 0) is 137 Å². The van der Waals surface area contributed by atoms with E-state index in [0.717, 1.165) is 72.9 Å². The number of halogens is 4. The average molecular weight is 1180 g/mol. The van der Waals surface area contributed by atoms with Crippen molar-refractivity contribution in [1.82, 2.24) is 75.1 Å². The molecule has 0 aliphatic heterocycles. The Morgan fingerprint density at radius 1 is 0.524 bits per heavy atom. The van der Waals surface area contributed by atoms with Crippen LogP contribution in [0.2, 0.25) is 21.1 Å². The molecule has 24 nitrogen and oxygen atoms in total. The zero-order valence-electron chi connectivity index (χ0n) is 43.1. The van der Waals surface area contributed by atoms with Crippen LogP contribution in [0.3, 0.4) is 0 Å². The number of benzene rings is 1. The van der Waals surface area contributed by atoms with Crippen LogP contribution in [-0.2, 0) is 26.2 Å². The van der Waals surface area contributed by atoms with E-state index in [2.05, 4.69) is 102 Å². The summed E-state index contributed by atoms with van der Waals surface area (Å²) in [6.45, 7) is 4.16. The lowest BCUT2D eigenvalue weighted by molar-refractivity contribution is 0.0957. The van der Waals surface area contributed by atoms with Gasteiger partial charge in [0.2, 0.25) is 21.1 Å². The van der Waals surface area contributed by atoms with Crippen molar-refractivity contribution in [1.29, 1.82) is 0 Å². The number of hydrogen-bond donors (Lipinski definition) is 10. The van der Waals surface area contributed by atoms with E-state index in [1.54, 1.807) is 50.0 Å². The van der Waals surface area contributed by atoms with E-state index in [-0.39, 0.29) is 32.7 Å². The molecular formula is C54H46Cl4N20O4. The Morgan fingerprint density at radius 2 is 1.02 bits per heavy atom. The third-order valence-electron chi connectivity index (χ3n) is 12.1. The number of fused-ring (bicyclic) bond motifs is 5. The lowest BCUT2D eigenvalue weighted by Crippen LogP contribution is -2.17. The van der Waals surface area contributed by atoms with Gasteiger partial charge in [-0.1, -0.05) is 18.2 Å². The Bertz CT molecular complexity index is 4330. The molecule has 414 valence electrons. The first-order valence-corrected chi connectivity index (χ1v) is 26.2. The van der Waals surface area contributed by atoms with Gasteiger partial charge in [0.15, 0.2) is 0 Å². The fourth-order valence-electron chi connectivity index (χ4n) is 8.28. The molecule has 2 amide bonds. The highest BCUT2D eigenvalue weighted by molar-refractivity contribution is 6.30. The maximum Gasteiger partial charge on any atom is 0.267 e. The number of nitrogens with zero attached hydrogens (tertiary/aromatic N) is 10. The molecule has 0 aliphatic rings. The molecule has 0 atom stereocenters. The smallest absolute Gasteiger partial charge is 0.267 e. The van der Waals surface area contributed by atoms with Crippen molar-refractivity contribution < 1.29 is 18.4 Å². The number of hydrogen-bond acceptors (Lipinski definition) is 18. The van der Waals surface area contributed by atoms with Gasteiger partial charge in [-0.3, -0.25) is 19.6 Å². The minimum absolute atomic E-state index is 0.0670. The van der Waals surface area contributed by atoms with E-state index < -0.39 is 5.91 Å². The third-order valence-corrected chi connectivity index (χ3v) is 12.7. The molecule has 11 N–H and O–H groups in total. The van der Waals surface area contributed by atoms with Gasteiger partial charge in [-0.2, -0.15) is 19.9 Å². The van der Waals surface area contributed by atoms with E-state index in [4.69, 9.17) is 61.0 Å². The van der Waals surface area contributed by atoms with Crippen LogP contribution in [0, 0.1) is 6.92 Å². The van der Waals surface area contributed by atoms with Crippen molar-refractivity contribution in [3.05, 3.63) is 189 Å². The number of amides is 2. The number of furan rings is 2. The molecule has 1 aromatic carbocycles. The number of nitrogens with two attached hydrogens (primary N) is 1. The van der Waals surface area contributed by atoms with Crippen LogP contribution < -0.4 is 32.3 Å². The Morgan fingerprint density at radius 3 is 1.56 bits per heavy atom. The van der Waals surface area contributed by atoms with Crippen molar-refractivity contribution in [3.63, 3.8) is 0 Å². The Kier molecular flexibility index (Phi) is 17.2. The van der Waals surface area contributed by atoms with Crippen LogP contribution in [0.4, 0.5) is 23.3 Å². The van der Waals surface area contributed by atoms with Crippen molar-refractivity contribution in [2.24, 2.45) is 5.73 Å². The topological polar surface area (TPSA) is 339 Å². The SMILES string of the molecule is CNC(=O)c1cc2c(NCc3ccco3)nc(Cl)nc2[nH]1.Cc1cc(CNc2nc(Cl)nc3[nH]ccc23)ccn1.Clc1nc(NCc2ccnc3ccccc23)c2cc[nH]c2n1.NC(=O)c1cc2c(NCc3ccco3)nc(Cl)nc2[nH]1. The van der Waals surface area contributed by atoms with Gasteiger partial charge in [-0.15, -0.1) is 0 Å². The van der Waals surface area contributed by atoms with Crippen molar-refractivity contribution in [3.8, 4) is 0 Å². The molecule has 0 bridgehead atoms. The molecule has 0 saturated heterocycles. The number of rotatable bonds is 14. The first-order valence-electron chi connectivity index (χ1n) is 24.7. The molecule has 0 spiro atoms. The highest BCUT2D eigenvalue weighted by Crippen LogP contribution is 2.27. The maximum absolute atomic E-state index is 11.7. The van der Waals surface area contributed by atoms with Gasteiger partial charge >= 0.3 is 0 Å². The number of aromatic amines is 4. The predicted octanol–water partition coefficient (Wildman–Crippen LogP) is 10.8. The molecule has 13 aromatic rings. The largest absolute Gasteiger partial charge is 0.467 e. The summed E-state index contributed by atoms with van der Waals surface area (Å²) in [7, 11) is 1.56. The highest BCUT2D eigenvalue weighted by atomic mass is 35.5. The van der Waals surface area contributed by atoms with Gasteiger partial charge in [0.1, 0.15) is 68.8 Å². The fourth-order valence-corrected chi connectivity index (χ4v) is 8.95. The number of H-pyrrole nitrogens is 4. The lowest BCUT2D eigenvalue weighted by atomic mass is 10.1. The van der Waals surface area contributed by atoms with E-state index in [1.807, 2.05) is 86.2 Å². The first kappa shape index (κ1) is 55.4. The number of aryl methyl sites for hydroxylation is 1. The second-order valence-electron chi connectivity index (χ2n) is 17.5. The Labute approximate surface area is 483 Å². The van der Waals surface area contributed by atoms with E-state index >= 15 is 0 Å². The second kappa shape index (κ2) is 25.5. The quantitative estimate of drug-likeness (QED) is 0.0452. The molecule has 82 heavy (non-hydrogen) atoms. The predicted molar refractivity (Wildman–Crippen MR) is 315 cm³/mol. The standard InChI is InChI=1S/C16H12ClN5.C13H12ClN5O2.C13H12ClN5.C12H10ClN5O2/c17-16-21-14-12(6-8-19-14)15(22-16)20-9-10-5-7-18-13-4-2-1-3-11(10)13;1-15-12(20)9-5-8-10(16-6-7-3-2-4-21-7)18-13(14)19-11(8)17-9;1-8-6-9(2-4-15-8)7-17-12-10-3-5-16-11(10)18-13(14)19-12;13-12-17-10(15-5-6-2-1-3-20-6)7-4-8(9(14)19)16-11(7)18-12/h1-8H,9H2,(H2,19,20,21,22);2-5H,6H2,1H3,(H,15,20)(H2,16,17,18,19);2-6H,7H2,1H3,(H2,16,17,18,19);1-4H,5H2,(H2,14,19)(H2,15,16,17,18). The summed E-state index contributed by atoms with van der Waals surface area (Å²) in [4.78, 5) is 76.3. The summed E-state index contributed by atoms with van der Waals surface area (Å²) in [6.07, 6.45) is 10.4. The van der Waals surface area contributed by atoms with E-state index in [1.165, 1.54) is 0 Å². The zero-order chi connectivity index (χ0) is 57.1. The Balaban J connectivity index is 0.000000123. The zero-order valence-corrected chi connectivity index (χ0v) is 46.2. The van der Waals surface area contributed by atoms with Gasteiger partial charge in [0, 0.05) is 56.0 Å². The van der Waals surface area contributed by atoms with Gasteiger partial charge in [-0.25, -0.2) is 19.9 Å². The van der Waals surface area contributed by atoms with E-state index in [9.17, 15) is 9.59 Å². The summed E-state index contributed by atoms with van der Waals surface area (Å²) >= 11 is 23.6. The van der Waals surface area contributed by atoms with Gasteiger partial charge < -0.3 is 61.1 Å². The molecule has 12 aromatic heterocycles. The average Bonchev–Trinajstić information content (AvgIpc) is 4.54. The molecule has 13 rings (SSSR count). The molecule has 0 saturated carbocycles. The van der Waals surface area contributed by atoms with Crippen LogP contribution in [0.1, 0.15) is 49.3 Å². The number of nitrogens with one attached hydrogen (secondary N) is 9. The molecule has 12 heterocycles. The summed E-state index contributed by atoms with van der Waals surface area (Å²) < 4.78 is 10.5. The minimum Gasteiger partial charge on any atom is -0.467 e. The number of aromatic nitrogens is 14. The second-order valence-corrected chi connectivity index (χ2v) is 18.9. The number of carbonyl (C=O) groups is 2. The van der Waals surface area contributed by atoms with E-state index in [0.29, 0.717) is 65.6 Å². The summed E-state index contributed by atoms with van der Waals surface area (Å²) in [5.74, 6) is 3.19. The van der Waals surface area contributed by atoms with Crippen LogP contribution in [0.15, 0.2) is 137 Å². The Hall–Kier alpha value is -9.88. The number of anilines is 4. The van der Waals surface area contributed by atoms with Crippen LogP contribution >= 0.6 is 46.4 Å². The van der Waals surface area contributed by atoms with Crippen molar-refractivity contribution in [2.45, 2.75) is 33.1 Å². The monoisotopic (exact) mass is 1180 g/mol. The number of carbonyl (C=O) groups excluding carboxylic acids is 2. The van der Waals surface area contributed by atoms with Crippen LogP contribution in [-0.4, -0.2) is 88.6 Å². The highest BCUT2D eigenvalue weighted by Gasteiger charge is 2.16. The van der Waals surface area contributed by atoms with Crippen LogP contribution in [0.5, 0.6) is 0 Å². The van der Waals surface area contributed by atoms with Crippen molar-refractivity contribution in [2.75, 3.05) is 28.3 Å². The third kappa shape index (κ3) is 13.6. The molecule has 0 fully saturated rings. The number of para-hydroxylation sites is 1. The molecular weight excluding hydrogens is 1130 g/mol. The lowest BCUT2D eigenvalue weighted by Gasteiger charge is -2.09. The number of primary amides is 1. The fraction of sp³-hybridized carbons (Fsp3) is 0.111. The molecule has 0 unspecified atom stereocenters. The van der Waals surface area contributed by atoms with Crippen molar-refractivity contribution >= 4 is 137 Å². The summed E-state index contributed by atoms with van der Waals surface area (Å²) in [5.41, 5.74) is 12.5. The molecule has 0 aliphatic carbocycles.